The summed E-state index contributed by atoms with van der Waals surface area (Å²) < 4.78 is 0.786. The Hall–Kier alpha value is -3.09. The van der Waals surface area contributed by atoms with Crippen LogP contribution in [0.3, 0.4) is 0 Å². The molecule has 7 heteroatoms. The third kappa shape index (κ3) is 3.84. The number of anilines is 1. The number of carbonyl (C=O) groups excluding carboxylic acids is 2. The van der Waals surface area contributed by atoms with E-state index >= 15 is 0 Å². The number of phenols is 1. The van der Waals surface area contributed by atoms with Crippen molar-refractivity contribution < 1.29 is 19.8 Å². The number of phenolic OH excluding ortho intramolecular Hbond substituents is 1. The molecule has 0 radical (unpaired) electrons. The smallest absolute Gasteiger partial charge is 0.300 e. The van der Waals surface area contributed by atoms with Crippen molar-refractivity contribution in [1.82, 2.24) is 0 Å². The number of amides is 1. The first kappa shape index (κ1) is 21.2. The first-order valence-corrected chi connectivity index (χ1v) is 10.6. The Bertz CT molecular complexity index is 1220. The summed E-state index contributed by atoms with van der Waals surface area (Å²) in [7, 11) is 0. The third-order valence-electron chi connectivity index (χ3n) is 5.20. The quantitative estimate of drug-likeness (QED) is 0.274. The van der Waals surface area contributed by atoms with Gasteiger partial charge in [0, 0.05) is 20.7 Å². The molecule has 4 rings (SSSR count). The number of halogens is 2. The van der Waals surface area contributed by atoms with E-state index in [1.54, 1.807) is 48.5 Å². The topological polar surface area (TPSA) is 77.8 Å². The monoisotopic (exact) mass is 497 g/mol. The molecule has 3 aromatic rings. The maximum Gasteiger partial charge on any atom is 0.300 e. The van der Waals surface area contributed by atoms with Gasteiger partial charge in [0.2, 0.25) is 0 Å². The first-order chi connectivity index (χ1) is 14.8. The number of ketones is 1. The minimum atomic E-state index is -0.870. The van der Waals surface area contributed by atoms with Gasteiger partial charge >= 0.3 is 0 Å². The largest absolute Gasteiger partial charge is 0.508 e. The molecule has 0 unspecified atom stereocenters. The molecule has 0 bridgehead atoms. The zero-order valence-corrected chi connectivity index (χ0v) is 18.7. The van der Waals surface area contributed by atoms with E-state index in [1.165, 1.54) is 17.0 Å². The van der Waals surface area contributed by atoms with Gasteiger partial charge < -0.3 is 10.2 Å². The third-order valence-corrected chi connectivity index (χ3v) is 6.31. The standard InChI is InChI=1S/C24H17BrClNO4/c1-13-2-9-17(12-19(13)25)27-21(14-5-10-18(28)11-6-14)20(23(30)24(27)31)22(29)15-3-7-16(26)8-4-15/h2-12,21,28-29H,1H3/t21-/m0/s1. The summed E-state index contributed by atoms with van der Waals surface area (Å²) in [4.78, 5) is 27.5. The van der Waals surface area contributed by atoms with Gasteiger partial charge in [0.15, 0.2) is 0 Å². The Balaban J connectivity index is 1.95. The molecule has 1 aliphatic heterocycles. The highest BCUT2D eigenvalue weighted by Gasteiger charge is 2.47. The molecule has 2 N–H and O–H groups in total. The molecule has 1 fully saturated rings. The van der Waals surface area contributed by atoms with Gasteiger partial charge in [-0.2, -0.15) is 0 Å². The molecule has 0 saturated carbocycles. The number of aliphatic hydroxyl groups excluding tert-OH is 1. The predicted octanol–water partition coefficient (Wildman–Crippen LogP) is 5.74. The lowest BCUT2D eigenvalue weighted by atomic mass is 9.95. The lowest BCUT2D eigenvalue weighted by Gasteiger charge is -2.26. The Morgan fingerprint density at radius 2 is 1.65 bits per heavy atom. The molecule has 1 saturated heterocycles. The second-order valence-electron chi connectivity index (χ2n) is 7.20. The van der Waals surface area contributed by atoms with E-state index in [-0.39, 0.29) is 17.1 Å². The molecular formula is C24H17BrClNO4. The fourth-order valence-electron chi connectivity index (χ4n) is 3.57. The molecule has 3 aromatic carbocycles. The highest BCUT2D eigenvalue weighted by Crippen LogP contribution is 2.43. The fourth-order valence-corrected chi connectivity index (χ4v) is 4.06. The van der Waals surface area contributed by atoms with Crippen LogP contribution in [-0.4, -0.2) is 21.9 Å². The lowest BCUT2D eigenvalue weighted by Crippen LogP contribution is -2.29. The van der Waals surface area contributed by atoms with Crippen molar-refractivity contribution in [2.24, 2.45) is 0 Å². The summed E-state index contributed by atoms with van der Waals surface area (Å²) in [6, 6.07) is 17.0. The number of rotatable bonds is 3. The Kier molecular flexibility index (Phi) is 5.60. The van der Waals surface area contributed by atoms with Crippen LogP contribution < -0.4 is 4.90 Å². The van der Waals surface area contributed by atoms with Crippen LogP contribution in [0.15, 0.2) is 76.8 Å². The summed E-state index contributed by atoms with van der Waals surface area (Å²) in [6.45, 7) is 1.92. The van der Waals surface area contributed by atoms with Crippen LogP contribution in [0.4, 0.5) is 5.69 Å². The van der Waals surface area contributed by atoms with Crippen LogP contribution in [0.2, 0.25) is 5.02 Å². The fraction of sp³-hybridized carbons (Fsp3) is 0.0833. The van der Waals surface area contributed by atoms with E-state index in [0.29, 0.717) is 21.8 Å². The average Bonchev–Trinajstić information content (AvgIpc) is 3.01. The van der Waals surface area contributed by atoms with Gasteiger partial charge in [0.05, 0.1) is 11.6 Å². The van der Waals surface area contributed by atoms with Crippen LogP contribution >= 0.6 is 27.5 Å². The Labute approximate surface area is 192 Å². The molecule has 0 aromatic heterocycles. The SMILES string of the molecule is Cc1ccc(N2C(=O)C(=O)C(=C(O)c3ccc(Cl)cc3)[C@@H]2c2ccc(O)cc2)cc1Br. The average molecular weight is 499 g/mol. The number of aryl methyl sites for hydroxylation is 1. The number of aromatic hydroxyl groups is 1. The van der Waals surface area contributed by atoms with Gasteiger partial charge in [-0.15, -0.1) is 0 Å². The van der Waals surface area contributed by atoms with Crippen molar-refractivity contribution in [3.05, 3.63) is 98.5 Å². The number of hydrogen-bond acceptors (Lipinski definition) is 4. The second-order valence-corrected chi connectivity index (χ2v) is 8.49. The van der Waals surface area contributed by atoms with Gasteiger partial charge in [-0.1, -0.05) is 45.7 Å². The molecule has 31 heavy (non-hydrogen) atoms. The Morgan fingerprint density at radius 1 is 1.00 bits per heavy atom. The van der Waals surface area contributed by atoms with Gasteiger partial charge in [0.1, 0.15) is 11.5 Å². The first-order valence-electron chi connectivity index (χ1n) is 9.40. The van der Waals surface area contributed by atoms with Crippen molar-refractivity contribution in [2.45, 2.75) is 13.0 Å². The molecule has 156 valence electrons. The molecule has 1 amide bonds. The van der Waals surface area contributed by atoms with Crippen LogP contribution in [0, 0.1) is 6.92 Å². The van der Waals surface area contributed by atoms with Crippen LogP contribution in [0.1, 0.15) is 22.7 Å². The second kappa shape index (κ2) is 8.21. The maximum absolute atomic E-state index is 13.1. The maximum atomic E-state index is 13.1. The van der Waals surface area contributed by atoms with E-state index in [4.69, 9.17) is 11.6 Å². The van der Waals surface area contributed by atoms with Gasteiger partial charge in [-0.3, -0.25) is 14.5 Å². The number of Topliss-reactive ketones (excluding diaryl/α,β-unsaturated/α-hetero) is 1. The predicted molar refractivity (Wildman–Crippen MR) is 123 cm³/mol. The van der Waals surface area contributed by atoms with Gasteiger partial charge in [-0.25, -0.2) is 0 Å². The van der Waals surface area contributed by atoms with Crippen molar-refractivity contribution in [2.75, 3.05) is 4.90 Å². The number of benzene rings is 3. The van der Waals surface area contributed by atoms with Crippen molar-refractivity contribution in [3.8, 4) is 5.75 Å². The zero-order chi connectivity index (χ0) is 22.3. The number of carbonyl (C=O) groups is 2. The highest BCUT2D eigenvalue weighted by molar-refractivity contribution is 9.10. The molecule has 1 heterocycles. The normalized spacial score (nSPS) is 17.9. The van der Waals surface area contributed by atoms with E-state index in [0.717, 1.165) is 10.0 Å². The van der Waals surface area contributed by atoms with E-state index in [2.05, 4.69) is 15.9 Å². The number of hydrogen-bond donors (Lipinski definition) is 2. The molecular weight excluding hydrogens is 482 g/mol. The van der Waals surface area contributed by atoms with E-state index in [1.807, 2.05) is 13.0 Å². The molecule has 5 nitrogen and oxygen atoms in total. The summed E-state index contributed by atoms with van der Waals surface area (Å²) in [5.74, 6) is -1.77. The molecule has 0 aliphatic carbocycles. The van der Waals surface area contributed by atoms with Gasteiger partial charge in [-0.05, 0) is 66.6 Å². The minimum Gasteiger partial charge on any atom is -0.508 e. The summed E-state index contributed by atoms with van der Waals surface area (Å²) in [5.41, 5.74) is 2.39. The van der Waals surface area contributed by atoms with Gasteiger partial charge in [0.25, 0.3) is 11.7 Å². The lowest BCUT2D eigenvalue weighted by molar-refractivity contribution is -0.132. The van der Waals surface area contributed by atoms with Crippen molar-refractivity contribution >= 4 is 50.7 Å². The van der Waals surface area contributed by atoms with Crippen molar-refractivity contribution in [1.29, 1.82) is 0 Å². The molecule has 1 atom stereocenters. The molecule has 0 spiro atoms. The van der Waals surface area contributed by atoms with E-state index in [9.17, 15) is 19.8 Å². The summed E-state index contributed by atoms with van der Waals surface area (Å²) in [6.07, 6.45) is 0. The number of aliphatic hydroxyl groups is 1. The highest BCUT2D eigenvalue weighted by atomic mass is 79.9. The summed E-state index contributed by atoms with van der Waals surface area (Å²) >= 11 is 9.41. The van der Waals surface area contributed by atoms with Crippen molar-refractivity contribution in [3.63, 3.8) is 0 Å². The summed E-state index contributed by atoms with van der Waals surface area (Å²) in [5, 5.41) is 21.2. The minimum absolute atomic E-state index is 0.0327. The number of nitrogens with zero attached hydrogens (tertiary/aromatic N) is 1. The van der Waals surface area contributed by atoms with Crippen LogP contribution in [-0.2, 0) is 9.59 Å². The van der Waals surface area contributed by atoms with Crippen LogP contribution in [0.25, 0.3) is 5.76 Å². The molecule has 1 aliphatic rings. The Morgan fingerprint density at radius 3 is 2.26 bits per heavy atom. The van der Waals surface area contributed by atoms with E-state index < -0.39 is 17.7 Å². The zero-order valence-electron chi connectivity index (χ0n) is 16.3. The van der Waals surface area contributed by atoms with Crippen LogP contribution in [0.5, 0.6) is 5.75 Å².